The van der Waals surface area contributed by atoms with Crippen molar-refractivity contribution < 1.29 is 99.4 Å². The maximum Gasteiger partial charge on any atom is 0.308 e. The third-order valence-electron chi connectivity index (χ3n) is 13.6. The van der Waals surface area contributed by atoms with Gasteiger partial charge in [0, 0.05) is 95.9 Å². The standard InChI is InChI=1S/C60H48O20/c1-25(61)77-33-13-5-29(6-14-33)45-37-21-39(51(67)57(73)49(37)65)46(30-7-15-34(16-8-30)78-26(2)62)41-23-43(55(71)59(75)53(41)69)48(32-11-19-36(20-12-32)80-28(4)64)44-24-42(54(70)60(76)56(44)72)47(31-9-17-35(18-10-31)79-27(3)63)40-22-38(45)50(66)58(74)52(40)68/h5-24,45-48,65-76H,1-4H3. The molecule has 20 nitrogen and oxygen atoms in total. The van der Waals surface area contributed by atoms with Crippen molar-refractivity contribution in [3.8, 4) is 92.0 Å². The molecule has 408 valence electrons. The highest BCUT2D eigenvalue weighted by atomic mass is 16.5. The molecule has 12 N–H and O–H groups in total. The number of aromatic hydroxyl groups is 12. The molecule has 0 heterocycles. The minimum Gasteiger partial charge on any atom is -0.504 e. The first-order valence-electron chi connectivity index (χ1n) is 24.2. The molecule has 80 heavy (non-hydrogen) atoms. The van der Waals surface area contributed by atoms with Gasteiger partial charge < -0.3 is 80.2 Å². The first-order chi connectivity index (χ1) is 37.9. The van der Waals surface area contributed by atoms with Crippen LogP contribution in [0.3, 0.4) is 0 Å². The lowest BCUT2D eigenvalue weighted by molar-refractivity contribution is -0.132. The van der Waals surface area contributed by atoms with E-state index in [-0.39, 0.29) is 89.8 Å². The van der Waals surface area contributed by atoms with E-state index in [9.17, 15) is 80.5 Å². The molecule has 1 aliphatic carbocycles. The summed E-state index contributed by atoms with van der Waals surface area (Å²) in [7, 11) is 0. The fraction of sp³-hybridized carbons (Fsp3) is 0.133. The van der Waals surface area contributed by atoms with Crippen LogP contribution in [-0.2, 0) is 19.2 Å². The Morgan fingerprint density at radius 3 is 0.512 bits per heavy atom. The van der Waals surface area contributed by atoms with E-state index >= 15 is 0 Å². The molecule has 0 saturated carbocycles. The van der Waals surface area contributed by atoms with E-state index < -0.39 is 117 Å². The Kier molecular flexibility index (Phi) is 14.2. The van der Waals surface area contributed by atoms with Gasteiger partial charge in [-0.05, 0) is 95.1 Å². The van der Waals surface area contributed by atoms with Gasteiger partial charge in [-0.25, -0.2) is 0 Å². The van der Waals surface area contributed by atoms with Crippen LogP contribution >= 0.6 is 0 Å². The molecule has 0 unspecified atom stereocenters. The number of ether oxygens (including phenoxy) is 4. The lowest BCUT2D eigenvalue weighted by atomic mass is 9.74. The quantitative estimate of drug-likeness (QED) is 0.0384. The van der Waals surface area contributed by atoms with E-state index in [1.807, 2.05) is 0 Å². The number of rotatable bonds is 8. The topological polar surface area (TPSA) is 348 Å². The minimum absolute atomic E-state index is 0.0244. The average Bonchev–Trinajstić information content (AvgIpc) is 3.41. The van der Waals surface area contributed by atoms with Gasteiger partial charge in [-0.2, -0.15) is 0 Å². The van der Waals surface area contributed by atoms with E-state index in [4.69, 9.17) is 18.9 Å². The molecule has 0 amide bonds. The van der Waals surface area contributed by atoms with Crippen LogP contribution in [-0.4, -0.2) is 85.2 Å². The molecule has 0 spiro atoms. The number of phenols is 12. The van der Waals surface area contributed by atoms with Gasteiger partial charge >= 0.3 is 23.9 Å². The lowest BCUT2D eigenvalue weighted by Crippen LogP contribution is -2.13. The van der Waals surface area contributed by atoms with Crippen LogP contribution in [0.4, 0.5) is 0 Å². The van der Waals surface area contributed by atoms with E-state index in [2.05, 4.69) is 0 Å². The summed E-state index contributed by atoms with van der Waals surface area (Å²) in [5.74, 6) is -22.2. The van der Waals surface area contributed by atoms with Crippen molar-refractivity contribution in [3.05, 3.63) is 188 Å². The number of esters is 4. The highest BCUT2D eigenvalue weighted by Gasteiger charge is 2.39. The van der Waals surface area contributed by atoms with Crippen molar-refractivity contribution in [2.75, 3.05) is 0 Å². The number of hydrogen-bond donors (Lipinski definition) is 12. The second-order valence-corrected chi connectivity index (χ2v) is 18.8. The highest BCUT2D eigenvalue weighted by Crippen LogP contribution is 2.60. The van der Waals surface area contributed by atoms with Crippen LogP contribution in [0.1, 0.15) is 118 Å². The predicted molar refractivity (Wildman–Crippen MR) is 281 cm³/mol. The Bertz CT molecular complexity index is 3200. The molecule has 0 saturated heterocycles. The Morgan fingerprint density at radius 1 is 0.250 bits per heavy atom. The van der Waals surface area contributed by atoms with Gasteiger partial charge in [0.25, 0.3) is 0 Å². The third-order valence-corrected chi connectivity index (χ3v) is 13.6. The van der Waals surface area contributed by atoms with Crippen LogP contribution in [0, 0.1) is 0 Å². The van der Waals surface area contributed by atoms with E-state index in [0.717, 1.165) is 52.0 Å². The zero-order valence-electron chi connectivity index (χ0n) is 42.5. The monoisotopic (exact) mass is 1090 g/mol. The van der Waals surface area contributed by atoms with Crippen LogP contribution < -0.4 is 18.9 Å². The van der Waals surface area contributed by atoms with Crippen LogP contribution in [0.15, 0.2) is 121 Å². The van der Waals surface area contributed by atoms with Gasteiger partial charge in [0.2, 0.25) is 23.0 Å². The summed E-state index contributed by atoms with van der Waals surface area (Å²) in [5.41, 5.74) is -2.65. The smallest absolute Gasteiger partial charge is 0.308 e. The Hall–Kier alpha value is -10.8. The van der Waals surface area contributed by atoms with Crippen molar-refractivity contribution in [2.45, 2.75) is 51.4 Å². The average molecular weight is 1090 g/mol. The summed E-state index contributed by atoms with van der Waals surface area (Å²) in [6.07, 6.45) is 0. The van der Waals surface area contributed by atoms with Gasteiger partial charge in [-0.1, -0.05) is 48.5 Å². The summed E-state index contributed by atoms with van der Waals surface area (Å²) in [4.78, 5) is 48.2. The number of fused-ring (bicyclic) bond motifs is 8. The molecule has 20 heteroatoms. The van der Waals surface area contributed by atoms with Gasteiger partial charge in [-0.15, -0.1) is 0 Å². The maximum absolute atomic E-state index is 12.2. The van der Waals surface area contributed by atoms with Crippen LogP contribution in [0.25, 0.3) is 0 Å². The molecule has 8 aromatic rings. The molecule has 9 rings (SSSR count). The molecule has 0 radical (unpaired) electrons. The molecule has 0 fully saturated rings. The number of phenolic OH excluding ortho intramolecular Hbond substituents is 12. The molecule has 0 aromatic heterocycles. The Balaban J connectivity index is 1.50. The van der Waals surface area contributed by atoms with Gasteiger partial charge in [0.1, 0.15) is 23.0 Å². The zero-order valence-corrected chi connectivity index (χ0v) is 42.5. The molecule has 8 aromatic carbocycles. The fourth-order valence-corrected chi connectivity index (χ4v) is 10.2. The van der Waals surface area contributed by atoms with E-state index in [0.29, 0.717) is 0 Å². The summed E-state index contributed by atoms with van der Waals surface area (Å²) >= 11 is 0. The molecule has 0 atom stereocenters. The van der Waals surface area contributed by atoms with Crippen molar-refractivity contribution in [1.29, 1.82) is 0 Å². The predicted octanol–water partition coefficient (Wildman–Crippen LogP) is 8.89. The number of benzene rings is 8. The van der Waals surface area contributed by atoms with Crippen molar-refractivity contribution >= 4 is 23.9 Å². The fourth-order valence-electron chi connectivity index (χ4n) is 10.2. The third kappa shape index (κ3) is 9.83. The van der Waals surface area contributed by atoms with Crippen molar-refractivity contribution in [2.24, 2.45) is 0 Å². The van der Waals surface area contributed by atoms with Crippen LogP contribution in [0.5, 0.6) is 92.0 Å². The maximum atomic E-state index is 12.2. The second kappa shape index (κ2) is 21.0. The van der Waals surface area contributed by atoms with Gasteiger partial charge in [0.05, 0.1) is 0 Å². The van der Waals surface area contributed by atoms with Crippen molar-refractivity contribution in [3.63, 3.8) is 0 Å². The summed E-state index contributed by atoms with van der Waals surface area (Å²) in [5, 5.41) is 145. The summed E-state index contributed by atoms with van der Waals surface area (Å²) < 4.78 is 21.1. The Morgan fingerprint density at radius 2 is 0.388 bits per heavy atom. The highest BCUT2D eigenvalue weighted by molar-refractivity contribution is 5.76. The normalized spacial score (nSPS) is 15.6. The minimum atomic E-state index is -1.64. The first-order valence-corrected chi connectivity index (χ1v) is 24.2. The number of hydrogen-bond acceptors (Lipinski definition) is 20. The van der Waals surface area contributed by atoms with Gasteiger partial charge in [-0.3, -0.25) is 19.2 Å². The van der Waals surface area contributed by atoms with E-state index in [1.165, 1.54) is 97.1 Å². The molecule has 1 aliphatic rings. The van der Waals surface area contributed by atoms with Gasteiger partial charge in [0.15, 0.2) is 46.0 Å². The molecule has 8 bridgehead atoms. The first kappa shape index (κ1) is 54.0. The molecular weight excluding hydrogens is 1040 g/mol. The Labute approximate surface area is 453 Å². The SMILES string of the molecule is CC(=O)Oc1ccc(C2c3cc(c(O)c(O)c3O)C(c3ccc(OC(C)=O)cc3)c3cc(c(O)c(O)c3O)C(c3ccc(OC(C)=O)cc3)c3cc(c(O)c(O)c3O)C(c3ccc(OC(C)=O)cc3)c3cc2c(O)c(O)c3O)cc1. The second-order valence-electron chi connectivity index (χ2n) is 18.8. The molecular formula is C60H48O20. The number of carbonyl (C=O) groups excluding carboxylic acids is 4. The van der Waals surface area contributed by atoms with Crippen LogP contribution in [0.2, 0.25) is 0 Å². The van der Waals surface area contributed by atoms with E-state index in [1.54, 1.807) is 0 Å². The lowest BCUT2D eigenvalue weighted by Gasteiger charge is -2.30. The number of carbonyl (C=O) groups is 4. The van der Waals surface area contributed by atoms with Crippen molar-refractivity contribution in [1.82, 2.24) is 0 Å². The summed E-state index contributed by atoms with van der Waals surface area (Å²) in [6, 6.07) is 26.4. The summed E-state index contributed by atoms with van der Waals surface area (Å²) in [6.45, 7) is 4.62. The largest absolute Gasteiger partial charge is 0.504 e. The molecule has 0 aliphatic heterocycles. The zero-order chi connectivity index (χ0) is 57.8.